The second-order valence-corrected chi connectivity index (χ2v) is 5.49. The Kier molecular flexibility index (Phi) is 5.91. The fourth-order valence-corrected chi connectivity index (χ4v) is 2.46. The van der Waals surface area contributed by atoms with Crippen LogP contribution < -0.4 is 10.1 Å². The summed E-state index contributed by atoms with van der Waals surface area (Å²) < 4.78 is 5.80. The van der Waals surface area contributed by atoms with Crippen LogP contribution in [0.5, 0.6) is 5.75 Å². The molecular formula is C16H17BrN2O3. The minimum Gasteiger partial charge on any atom is -0.497 e. The topological polar surface area (TPSA) is 71.5 Å². The first-order chi connectivity index (χ1) is 10.6. The van der Waals surface area contributed by atoms with Crippen LogP contribution in [0.2, 0.25) is 0 Å². The molecule has 116 valence electrons. The van der Waals surface area contributed by atoms with Gasteiger partial charge in [0.2, 0.25) is 0 Å². The number of aliphatic hydroxyl groups is 1. The molecule has 2 rings (SSSR count). The summed E-state index contributed by atoms with van der Waals surface area (Å²) in [6, 6.07) is 10.4. The Balaban J connectivity index is 2.19. The van der Waals surface area contributed by atoms with Crippen LogP contribution in [0, 0.1) is 0 Å². The van der Waals surface area contributed by atoms with Crippen molar-refractivity contribution in [1.82, 2.24) is 10.3 Å². The van der Waals surface area contributed by atoms with E-state index in [4.69, 9.17) is 4.74 Å². The summed E-state index contributed by atoms with van der Waals surface area (Å²) in [5, 5.41) is 12.2. The minimum absolute atomic E-state index is 0.0256. The van der Waals surface area contributed by atoms with E-state index in [0.29, 0.717) is 22.3 Å². The van der Waals surface area contributed by atoms with Gasteiger partial charge in [0.1, 0.15) is 10.4 Å². The molecule has 0 fully saturated rings. The molecule has 1 atom stereocenters. The van der Waals surface area contributed by atoms with Gasteiger partial charge in [-0.15, -0.1) is 0 Å². The summed E-state index contributed by atoms with van der Waals surface area (Å²) in [7, 11) is 1.59. The Morgan fingerprint density at radius 2 is 2.23 bits per heavy atom. The Labute approximate surface area is 137 Å². The number of carbonyl (C=O) groups excluding carboxylic acids is 1. The van der Waals surface area contributed by atoms with Crippen molar-refractivity contribution in [2.75, 3.05) is 13.7 Å². The summed E-state index contributed by atoms with van der Waals surface area (Å²) in [5.41, 5.74) is 1.39. The number of rotatable bonds is 6. The molecule has 5 nitrogen and oxygen atoms in total. The van der Waals surface area contributed by atoms with Gasteiger partial charge in [0.15, 0.2) is 0 Å². The van der Waals surface area contributed by atoms with Crippen LogP contribution in [-0.2, 0) is 0 Å². The van der Waals surface area contributed by atoms with Crippen molar-refractivity contribution in [3.05, 3.63) is 58.3 Å². The third-order valence-electron chi connectivity index (χ3n) is 3.21. The molecule has 1 unspecified atom stereocenters. The number of carbonyl (C=O) groups is 1. The van der Waals surface area contributed by atoms with Gasteiger partial charge in [-0.3, -0.25) is 4.79 Å². The summed E-state index contributed by atoms with van der Waals surface area (Å²) in [6.07, 6.45) is 1.98. The van der Waals surface area contributed by atoms with Crippen LogP contribution in [0.3, 0.4) is 0 Å². The van der Waals surface area contributed by atoms with E-state index in [0.717, 1.165) is 5.56 Å². The number of benzene rings is 1. The molecule has 0 bridgehead atoms. The lowest BCUT2D eigenvalue weighted by molar-refractivity contribution is 0.0929. The smallest absolute Gasteiger partial charge is 0.251 e. The van der Waals surface area contributed by atoms with E-state index < -0.39 is 0 Å². The molecule has 2 N–H and O–H groups in total. The molecule has 0 spiro atoms. The number of hydrogen-bond acceptors (Lipinski definition) is 4. The van der Waals surface area contributed by atoms with Crippen molar-refractivity contribution in [2.45, 2.75) is 12.5 Å². The highest BCUT2D eigenvalue weighted by Gasteiger charge is 2.16. The lowest BCUT2D eigenvalue weighted by atomic mass is 10.0. The second-order valence-electron chi connectivity index (χ2n) is 4.68. The number of halogens is 1. The van der Waals surface area contributed by atoms with Gasteiger partial charge in [0.05, 0.1) is 13.2 Å². The van der Waals surface area contributed by atoms with Gasteiger partial charge in [-0.1, -0.05) is 12.1 Å². The third kappa shape index (κ3) is 4.29. The fourth-order valence-electron chi connectivity index (χ4n) is 2.09. The van der Waals surface area contributed by atoms with Crippen molar-refractivity contribution in [3.8, 4) is 5.75 Å². The predicted octanol–water partition coefficient (Wildman–Crippen LogP) is 2.71. The molecular weight excluding hydrogens is 348 g/mol. The summed E-state index contributed by atoms with van der Waals surface area (Å²) in [4.78, 5) is 16.3. The Bertz CT molecular complexity index is 649. The zero-order chi connectivity index (χ0) is 15.9. The first-order valence-corrected chi connectivity index (χ1v) is 7.60. The van der Waals surface area contributed by atoms with Gasteiger partial charge >= 0.3 is 0 Å². The first kappa shape index (κ1) is 16.5. The van der Waals surface area contributed by atoms with Crippen molar-refractivity contribution < 1.29 is 14.6 Å². The second kappa shape index (κ2) is 7.91. The highest BCUT2D eigenvalue weighted by Crippen LogP contribution is 2.22. The average Bonchev–Trinajstić information content (AvgIpc) is 2.54. The highest BCUT2D eigenvalue weighted by molar-refractivity contribution is 9.10. The monoisotopic (exact) mass is 364 g/mol. The van der Waals surface area contributed by atoms with E-state index in [-0.39, 0.29) is 18.6 Å². The molecule has 2 aromatic rings. The molecule has 0 saturated heterocycles. The van der Waals surface area contributed by atoms with Crippen molar-refractivity contribution in [3.63, 3.8) is 0 Å². The Morgan fingerprint density at radius 3 is 2.91 bits per heavy atom. The standard InChI is InChI=1S/C16H17BrN2O3/c1-22-13-4-2-3-11(9-13)14(6-8-20)19-16(21)12-5-7-18-15(17)10-12/h2-5,7,9-10,14,20H,6,8H2,1H3,(H,19,21). The van der Waals surface area contributed by atoms with E-state index in [1.54, 1.807) is 25.4 Å². The predicted molar refractivity (Wildman–Crippen MR) is 86.8 cm³/mol. The maximum Gasteiger partial charge on any atom is 0.251 e. The summed E-state index contributed by atoms with van der Waals surface area (Å²) in [5.74, 6) is 0.491. The molecule has 1 amide bonds. The lowest BCUT2D eigenvalue weighted by Gasteiger charge is -2.19. The molecule has 22 heavy (non-hydrogen) atoms. The zero-order valence-corrected chi connectivity index (χ0v) is 13.7. The van der Waals surface area contributed by atoms with E-state index in [2.05, 4.69) is 26.2 Å². The maximum atomic E-state index is 12.3. The third-order valence-corrected chi connectivity index (χ3v) is 3.64. The Hall–Kier alpha value is -1.92. The maximum absolute atomic E-state index is 12.3. The van der Waals surface area contributed by atoms with Gasteiger partial charge in [-0.05, 0) is 52.2 Å². The zero-order valence-electron chi connectivity index (χ0n) is 12.1. The minimum atomic E-state index is -0.292. The number of ether oxygens (including phenoxy) is 1. The number of pyridine rings is 1. The van der Waals surface area contributed by atoms with Crippen molar-refractivity contribution in [2.24, 2.45) is 0 Å². The fraction of sp³-hybridized carbons (Fsp3) is 0.250. The van der Waals surface area contributed by atoms with Crippen LogP contribution in [0.1, 0.15) is 28.4 Å². The van der Waals surface area contributed by atoms with Crippen LogP contribution in [0.15, 0.2) is 47.2 Å². The van der Waals surface area contributed by atoms with Gasteiger partial charge in [0.25, 0.3) is 5.91 Å². The van der Waals surface area contributed by atoms with E-state index in [1.807, 2.05) is 24.3 Å². The average molecular weight is 365 g/mol. The van der Waals surface area contributed by atoms with Gasteiger partial charge in [-0.2, -0.15) is 0 Å². The Morgan fingerprint density at radius 1 is 1.41 bits per heavy atom. The molecule has 1 aromatic carbocycles. The van der Waals surface area contributed by atoms with E-state index >= 15 is 0 Å². The summed E-state index contributed by atoms with van der Waals surface area (Å²) >= 11 is 3.24. The van der Waals surface area contributed by atoms with Crippen LogP contribution in [0.4, 0.5) is 0 Å². The van der Waals surface area contributed by atoms with E-state index in [9.17, 15) is 9.90 Å². The largest absolute Gasteiger partial charge is 0.497 e. The number of nitrogens with one attached hydrogen (secondary N) is 1. The molecule has 6 heteroatoms. The van der Waals surface area contributed by atoms with Crippen LogP contribution in [-0.4, -0.2) is 29.7 Å². The van der Waals surface area contributed by atoms with Crippen molar-refractivity contribution in [1.29, 1.82) is 0 Å². The number of hydrogen-bond donors (Lipinski definition) is 2. The number of nitrogens with zero attached hydrogens (tertiary/aromatic N) is 1. The highest BCUT2D eigenvalue weighted by atomic mass is 79.9. The van der Waals surface area contributed by atoms with E-state index in [1.165, 1.54) is 0 Å². The molecule has 0 aliphatic rings. The SMILES string of the molecule is COc1cccc(C(CCO)NC(=O)c2ccnc(Br)c2)c1. The number of aliphatic hydroxyl groups excluding tert-OH is 1. The number of methoxy groups -OCH3 is 1. The molecule has 1 aromatic heterocycles. The van der Waals surface area contributed by atoms with Gasteiger partial charge < -0.3 is 15.2 Å². The molecule has 0 aliphatic carbocycles. The quantitative estimate of drug-likeness (QED) is 0.773. The van der Waals surface area contributed by atoms with Gasteiger partial charge in [-0.25, -0.2) is 4.98 Å². The van der Waals surface area contributed by atoms with Crippen molar-refractivity contribution >= 4 is 21.8 Å². The summed E-state index contributed by atoms with van der Waals surface area (Å²) in [6.45, 7) is -0.0256. The van der Waals surface area contributed by atoms with Crippen LogP contribution in [0.25, 0.3) is 0 Å². The molecule has 1 heterocycles. The molecule has 0 aliphatic heterocycles. The molecule has 0 radical (unpaired) electrons. The molecule has 0 saturated carbocycles. The number of amides is 1. The van der Waals surface area contributed by atoms with Crippen LogP contribution >= 0.6 is 15.9 Å². The normalized spacial score (nSPS) is 11.8. The van der Waals surface area contributed by atoms with Gasteiger partial charge in [0, 0.05) is 18.4 Å². The lowest BCUT2D eigenvalue weighted by Crippen LogP contribution is -2.29. The number of aromatic nitrogens is 1. The first-order valence-electron chi connectivity index (χ1n) is 6.81.